The molecule has 0 radical (unpaired) electrons. The van der Waals surface area contributed by atoms with E-state index in [4.69, 9.17) is 22.1 Å². The Morgan fingerprint density at radius 1 is 0.855 bits per heavy atom. The summed E-state index contributed by atoms with van der Waals surface area (Å²) in [7, 11) is 1.39. The first-order valence-corrected chi connectivity index (χ1v) is 20.8. The van der Waals surface area contributed by atoms with Crippen LogP contribution in [0.1, 0.15) is 67.6 Å². The molecule has 8 N–H and O–H groups in total. The zero-order valence-corrected chi connectivity index (χ0v) is 35.6. The number of carbonyl (C=O) groups excluding carboxylic acids is 6. The largest absolute Gasteiger partial charge is 0.507 e. The van der Waals surface area contributed by atoms with E-state index in [1.165, 1.54) is 45.2 Å². The standard InChI is InChI=1S/C46H51ClN6O9/c1-24(40(56)41-26(3)62-41)49-44(59)36-22-27-8-18-37(54)33(21-27)34-23-31(15-19-38(34)55)39(45(60)50-25(2)42(57)52-36)53(4)46(61)35(7-5-6-20-48)51-43(58)30-11-9-28(10-12-30)29-13-16-32(47)17-14-29/h8-19,21,23-26,35-36,39,41,54-55H,5-7,20,22,48H2,1-4H3,(H,49,59)(H,50,60)(H,51,58)(H,52,57)/t24-,25-,26?,35-,36-,39-,41?/m0/s1. The van der Waals surface area contributed by atoms with Gasteiger partial charge in [-0.15, -0.1) is 0 Å². The summed E-state index contributed by atoms with van der Waals surface area (Å²) < 4.78 is 5.27. The predicted octanol–water partition coefficient (Wildman–Crippen LogP) is 3.92. The Balaban J connectivity index is 1.31. The van der Waals surface area contributed by atoms with Crippen molar-refractivity contribution < 1.29 is 43.7 Å². The second-order valence-corrected chi connectivity index (χ2v) is 16.2. The number of hydrogen-bond donors (Lipinski definition) is 7. The van der Waals surface area contributed by atoms with Crippen LogP contribution in [-0.2, 0) is 35.1 Å². The number of halogens is 1. The maximum Gasteiger partial charge on any atom is 0.251 e. The SMILES string of the molecule is CC1OC1C(=O)[C@H](C)NC(=O)[C@@H]1Cc2ccc(O)c(c2)-c2cc(ccc2O)[C@H](N(C)C(=O)[C@H](CCCCN)NC(=O)c2ccc(-c3ccc(Cl)cc3)cc2)C(=O)N[C@@H](C)C(=O)N1. The molecule has 15 nitrogen and oxygen atoms in total. The molecule has 16 heteroatoms. The van der Waals surface area contributed by atoms with Crippen molar-refractivity contribution in [3.8, 4) is 33.8 Å². The van der Waals surface area contributed by atoms with E-state index in [2.05, 4.69) is 21.3 Å². The van der Waals surface area contributed by atoms with Crippen LogP contribution in [0.3, 0.4) is 0 Å². The molecule has 1 fully saturated rings. The predicted molar refractivity (Wildman–Crippen MR) is 232 cm³/mol. The summed E-state index contributed by atoms with van der Waals surface area (Å²) in [6, 6.07) is 16.8. The van der Waals surface area contributed by atoms with Crippen LogP contribution >= 0.6 is 11.6 Å². The monoisotopic (exact) mass is 866 g/mol. The number of benzene rings is 4. The minimum atomic E-state index is -1.43. The fourth-order valence-corrected chi connectivity index (χ4v) is 7.58. The second kappa shape index (κ2) is 19.6. The summed E-state index contributed by atoms with van der Waals surface area (Å²) in [5.74, 6) is -4.17. The van der Waals surface area contributed by atoms with Crippen molar-refractivity contribution in [1.29, 1.82) is 0 Å². The molecule has 4 aromatic carbocycles. The van der Waals surface area contributed by atoms with Gasteiger partial charge in [-0.25, -0.2) is 0 Å². The molecule has 2 aliphatic heterocycles. The zero-order valence-electron chi connectivity index (χ0n) is 34.8. The number of unbranched alkanes of at least 4 members (excludes halogenated alkanes) is 1. The molecule has 2 aliphatic rings. The van der Waals surface area contributed by atoms with Gasteiger partial charge in [0.25, 0.3) is 5.91 Å². The molecule has 0 aliphatic carbocycles. The molecular weight excluding hydrogens is 816 g/mol. The number of carbonyl (C=O) groups is 6. The highest BCUT2D eigenvalue weighted by Crippen LogP contribution is 2.39. The number of aromatic hydroxyl groups is 2. The molecule has 326 valence electrons. The lowest BCUT2D eigenvalue weighted by Crippen LogP contribution is -2.57. The topological polar surface area (TPSA) is 233 Å². The number of nitrogens with one attached hydrogen (secondary N) is 4. The number of ketones is 1. The molecule has 7 atom stereocenters. The number of phenols is 2. The Morgan fingerprint density at radius 3 is 2.10 bits per heavy atom. The van der Waals surface area contributed by atoms with Crippen molar-refractivity contribution >= 4 is 46.9 Å². The van der Waals surface area contributed by atoms with E-state index in [0.717, 1.165) is 16.0 Å². The van der Waals surface area contributed by atoms with Crippen LogP contribution in [0.4, 0.5) is 0 Å². The average Bonchev–Trinajstić information content (AvgIpc) is 3.99. The lowest BCUT2D eigenvalue weighted by atomic mass is 9.93. The number of nitrogens with two attached hydrogens (primary N) is 1. The van der Waals surface area contributed by atoms with Crippen LogP contribution < -0.4 is 27.0 Å². The Kier molecular flexibility index (Phi) is 14.3. The van der Waals surface area contributed by atoms with E-state index >= 15 is 0 Å². The second-order valence-electron chi connectivity index (χ2n) is 15.8. The van der Waals surface area contributed by atoms with Gasteiger partial charge in [0, 0.05) is 35.2 Å². The number of nitrogens with zero attached hydrogens (tertiary/aromatic N) is 1. The maximum absolute atomic E-state index is 14.6. The van der Waals surface area contributed by atoms with Crippen LogP contribution in [0.5, 0.6) is 11.5 Å². The highest BCUT2D eigenvalue weighted by Gasteiger charge is 2.43. The number of Topliss-reactive ketones (excluding diaryl/α,β-unsaturated/α-hetero) is 1. The van der Waals surface area contributed by atoms with E-state index in [0.29, 0.717) is 35.5 Å². The number of amides is 5. The molecule has 4 aromatic rings. The van der Waals surface area contributed by atoms with Crippen molar-refractivity contribution in [1.82, 2.24) is 26.2 Å². The molecular formula is C46H51ClN6O9. The van der Waals surface area contributed by atoms with Crippen LogP contribution in [0.2, 0.25) is 5.02 Å². The van der Waals surface area contributed by atoms with Crippen molar-refractivity contribution in [2.24, 2.45) is 5.73 Å². The van der Waals surface area contributed by atoms with Crippen LogP contribution in [-0.4, -0.2) is 100 Å². The van der Waals surface area contributed by atoms with Gasteiger partial charge < -0.3 is 46.9 Å². The molecule has 62 heavy (non-hydrogen) atoms. The van der Waals surface area contributed by atoms with Crippen LogP contribution in [0, 0.1) is 0 Å². The van der Waals surface area contributed by atoms with Gasteiger partial charge in [-0.2, -0.15) is 0 Å². The highest BCUT2D eigenvalue weighted by molar-refractivity contribution is 6.30. The zero-order chi connectivity index (χ0) is 44.8. The van der Waals surface area contributed by atoms with Crippen LogP contribution in [0.15, 0.2) is 84.9 Å². The summed E-state index contributed by atoms with van der Waals surface area (Å²) in [6.45, 7) is 5.02. The van der Waals surface area contributed by atoms with E-state index in [1.54, 1.807) is 55.5 Å². The van der Waals surface area contributed by atoms with Crippen molar-refractivity contribution in [3.63, 3.8) is 0 Å². The molecule has 6 rings (SSSR count). The minimum Gasteiger partial charge on any atom is -0.507 e. The van der Waals surface area contributed by atoms with Gasteiger partial charge in [0.15, 0.2) is 5.78 Å². The normalized spacial score (nSPS) is 20.6. The Bertz CT molecular complexity index is 2340. The van der Waals surface area contributed by atoms with Gasteiger partial charge in [0.1, 0.15) is 41.8 Å². The minimum absolute atomic E-state index is 0.0904. The smallest absolute Gasteiger partial charge is 0.251 e. The fourth-order valence-electron chi connectivity index (χ4n) is 7.45. The van der Waals surface area contributed by atoms with Crippen molar-refractivity contribution in [3.05, 3.63) is 107 Å². The first-order valence-electron chi connectivity index (χ1n) is 20.4. The fraction of sp³-hybridized carbons (Fsp3) is 0.348. The molecule has 2 heterocycles. The average molecular weight is 867 g/mol. The lowest BCUT2D eigenvalue weighted by molar-refractivity contribution is -0.141. The number of rotatable bonds is 13. The van der Waals surface area contributed by atoms with E-state index in [9.17, 15) is 39.0 Å². The molecule has 2 unspecified atom stereocenters. The number of hydrogen-bond acceptors (Lipinski definition) is 10. The lowest BCUT2D eigenvalue weighted by Gasteiger charge is -2.32. The summed E-state index contributed by atoms with van der Waals surface area (Å²) in [5.41, 5.74) is 8.78. The van der Waals surface area contributed by atoms with Gasteiger partial charge in [0.05, 0.1) is 12.1 Å². The first-order chi connectivity index (χ1) is 29.6. The maximum atomic E-state index is 14.6. The quantitative estimate of drug-likeness (QED) is 0.0756. The number of phenolic OH excluding ortho intramolecular Hbond substituents is 2. The summed E-state index contributed by atoms with van der Waals surface area (Å²) in [6.07, 6.45) is 0.211. The number of ether oxygens (including phenoxy) is 1. The van der Waals surface area contributed by atoms with Gasteiger partial charge in [0.2, 0.25) is 23.6 Å². The Labute approximate surface area is 364 Å². The van der Waals surface area contributed by atoms with Crippen molar-refractivity contribution in [2.45, 2.75) is 88.9 Å². The number of fused-ring (bicyclic) bond motifs is 5. The third kappa shape index (κ3) is 10.6. The van der Waals surface area contributed by atoms with Gasteiger partial charge >= 0.3 is 0 Å². The molecule has 0 aromatic heterocycles. The molecule has 5 amide bonds. The van der Waals surface area contributed by atoms with E-state index in [1.807, 2.05) is 12.1 Å². The van der Waals surface area contributed by atoms with Crippen LogP contribution in [0.25, 0.3) is 22.3 Å². The van der Waals surface area contributed by atoms with Gasteiger partial charge in [-0.1, -0.05) is 48.0 Å². The Hall–Kier alpha value is -6.29. The molecule has 1 saturated heterocycles. The van der Waals surface area contributed by atoms with Gasteiger partial charge in [-0.05, 0) is 117 Å². The number of likely N-dealkylation sites (N-methyl/N-ethyl adjacent to an activating group) is 1. The van der Waals surface area contributed by atoms with Crippen molar-refractivity contribution in [2.75, 3.05) is 13.6 Å². The number of epoxide rings is 1. The molecule has 0 spiro atoms. The van der Waals surface area contributed by atoms with Gasteiger partial charge in [-0.3, -0.25) is 28.8 Å². The van der Waals surface area contributed by atoms with E-state index in [-0.39, 0.29) is 52.9 Å². The summed E-state index contributed by atoms with van der Waals surface area (Å²) in [5, 5.41) is 33.7. The van der Waals surface area contributed by atoms with E-state index < -0.39 is 65.8 Å². The summed E-state index contributed by atoms with van der Waals surface area (Å²) in [4.78, 5) is 84.1. The highest BCUT2D eigenvalue weighted by atomic mass is 35.5. The third-order valence-corrected chi connectivity index (χ3v) is 11.4. The summed E-state index contributed by atoms with van der Waals surface area (Å²) >= 11 is 6.05. The first kappa shape index (κ1) is 45.2. The Morgan fingerprint density at radius 2 is 1.47 bits per heavy atom. The molecule has 4 bridgehead atoms. The third-order valence-electron chi connectivity index (χ3n) is 11.1. The molecule has 0 saturated carbocycles.